The normalized spacial score (nSPS) is 16.9. The van der Waals surface area contributed by atoms with E-state index in [-0.39, 0.29) is 17.5 Å². The molecular formula is C21H24N2O4S. The molecule has 28 heavy (non-hydrogen) atoms. The fourth-order valence-corrected chi connectivity index (χ4v) is 5.22. The van der Waals surface area contributed by atoms with Gasteiger partial charge in [0.25, 0.3) is 0 Å². The summed E-state index contributed by atoms with van der Waals surface area (Å²) in [7, 11) is -3.53. The second-order valence-corrected chi connectivity index (χ2v) is 9.05. The molecule has 1 amide bonds. The molecule has 0 spiro atoms. The van der Waals surface area contributed by atoms with Crippen LogP contribution < -0.4 is 9.62 Å². The van der Waals surface area contributed by atoms with Crippen molar-refractivity contribution in [1.29, 1.82) is 0 Å². The maximum Gasteiger partial charge on any atom is 0.414 e. The van der Waals surface area contributed by atoms with Crippen LogP contribution in [-0.4, -0.2) is 27.1 Å². The van der Waals surface area contributed by atoms with Gasteiger partial charge in [-0.25, -0.2) is 17.9 Å². The van der Waals surface area contributed by atoms with Crippen molar-refractivity contribution in [2.24, 2.45) is 0 Å². The molecule has 0 atom stereocenters. The number of benzene rings is 2. The van der Waals surface area contributed by atoms with Gasteiger partial charge < -0.3 is 4.74 Å². The number of nitrogens with zero attached hydrogens (tertiary/aromatic N) is 1. The lowest BCUT2D eigenvalue weighted by molar-refractivity contribution is 0.147. The van der Waals surface area contributed by atoms with E-state index in [1.165, 1.54) is 0 Å². The van der Waals surface area contributed by atoms with Crippen LogP contribution in [0.3, 0.4) is 0 Å². The van der Waals surface area contributed by atoms with E-state index >= 15 is 0 Å². The van der Waals surface area contributed by atoms with Gasteiger partial charge in [0.1, 0.15) is 6.61 Å². The van der Waals surface area contributed by atoms with Gasteiger partial charge in [-0.2, -0.15) is 0 Å². The quantitative estimate of drug-likeness (QED) is 0.832. The largest absolute Gasteiger partial charge is 0.444 e. The molecule has 7 heteroatoms. The lowest BCUT2D eigenvalue weighted by Gasteiger charge is -2.18. The van der Waals surface area contributed by atoms with Crippen LogP contribution in [0.4, 0.5) is 10.5 Å². The van der Waals surface area contributed by atoms with Crippen LogP contribution in [0, 0.1) is 0 Å². The molecule has 0 aromatic heterocycles. The number of carbonyl (C=O) groups excluding carboxylic acids is 1. The lowest BCUT2D eigenvalue weighted by Crippen LogP contribution is -2.32. The minimum Gasteiger partial charge on any atom is -0.444 e. The predicted molar refractivity (Wildman–Crippen MR) is 107 cm³/mol. The molecule has 6 nitrogen and oxygen atoms in total. The van der Waals surface area contributed by atoms with Crippen LogP contribution in [0.1, 0.15) is 36.8 Å². The van der Waals surface area contributed by atoms with Crippen molar-refractivity contribution < 1.29 is 17.9 Å². The topological polar surface area (TPSA) is 75.7 Å². The number of hydrogen-bond acceptors (Lipinski definition) is 4. The fraction of sp³-hybridized carbons (Fsp3) is 0.381. The summed E-state index contributed by atoms with van der Waals surface area (Å²) in [4.78, 5) is 14.3. The molecule has 2 aromatic rings. The Kier molecular flexibility index (Phi) is 5.37. The second-order valence-electron chi connectivity index (χ2n) is 7.34. The number of ether oxygens (including phenoxy) is 1. The van der Waals surface area contributed by atoms with E-state index in [1.807, 2.05) is 30.3 Å². The van der Waals surface area contributed by atoms with E-state index in [2.05, 4.69) is 4.72 Å². The molecule has 0 bridgehead atoms. The molecular weight excluding hydrogens is 376 g/mol. The Hall–Kier alpha value is -2.38. The SMILES string of the molecule is O=C(OCc1ccccc1)N1CCc2cc(S(=O)(=O)NC3CCCC3)ccc21. The minimum absolute atomic E-state index is 0.0303. The summed E-state index contributed by atoms with van der Waals surface area (Å²) >= 11 is 0. The molecule has 0 radical (unpaired) electrons. The van der Waals surface area contributed by atoms with E-state index in [0.29, 0.717) is 13.0 Å². The van der Waals surface area contributed by atoms with Gasteiger partial charge in [-0.1, -0.05) is 43.2 Å². The number of fused-ring (bicyclic) bond motifs is 1. The minimum atomic E-state index is -3.53. The second kappa shape index (κ2) is 7.93. The van der Waals surface area contributed by atoms with Crippen molar-refractivity contribution in [1.82, 2.24) is 4.72 Å². The Morgan fingerprint density at radius 3 is 2.61 bits per heavy atom. The van der Waals surface area contributed by atoms with Crippen molar-refractivity contribution in [2.45, 2.75) is 49.6 Å². The monoisotopic (exact) mass is 400 g/mol. The van der Waals surface area contributed by atoms with Crippen LogP contribution in [-0.2, 0) is 27.8 Å². The van der Waals surface area contributed by atoms with Gasteiger partial charge in [-0.3, -0.25) is 4.90 Å². The molecule has 1 N–H and O–H groups in total. The molecule has 1 aliphatic carbocycles. The first-order valence-electron chi connectivity index (χ1n) is 9.66. The molecule has 1 aliphatic heterocycles. The van der Waals surface area contributed by atoms with Gasteiger partial charge in [0.15, 0.2) is 0 Å². The highest BCUT2D eigenvalue weighted by molar-refractivity contribution is 7.89. The summed E-state index contributed by atoms with van der Waals surface area (Å²) in [5.41, 5.74) is 2.50. The number of nitrogens with one attached hydrogen (secondary N) is 1. The van der Waals surface area contributed by atoms with Gasteiger partial charge in [0, 0.05) is 12.6 Å². The average molecular weight is 401 g/mol. The first kappa shape index (κ1) is 19.0. The van der Waals surface area contributed by atoms with Crippen LogP contribution in [0.2, 0.25) is 0 Å². The first-order chi connectivity index (χ1) is 13.5. The highest BCUT2D eigenvalue weighted by atomic mass is 32.2. The molecule has 1 fully saturated rings. The summed E-state index contributed by atoms with van der Waals surface area (Å²) in [6.07, 6.45) is 4.12. The van der Waals surface area contributed by atoms with Crippen molar-refractivity contribution in [3.8, 4) is 0 Å². The van der Waals surface area contributed by atoms with E-state index < -0.39 is 16.1 Å². The number of amides is 1. The van der Waals surface area contributed by atoms with Crippen LogP contribution >= 0.6 is 0 Å². The van der Waals surface area contributed by atoms with Crippen LogP contribution in [0.15, 0.2) is 53.4 Å². The van der Waals surface area contributed by atoms with Gasteiger partial charge in [0.2, 0.25) is 10.0 Å². The summed E-state index contributed by atoms with van der Waals surface area (Å²) in [5, 5.41) is 0. The standard InChI is InChI=1S/C21H24N2O4S/c24-21(27-15-16-6-2-1-3-7-16)23-13-12-17-14-19(10-11-20(17)23)28(25,26)22-18-8-4-5-9-18/h1-3,6-7,10-11,14,18,22H,4-5,8-9,12-13,15H2. The van der Waals surface area contributed by atoms with E-state index in [1.54, 1.807) is 23.1 Å². The molecule has 1 heterocycles. The highest BCUT2D eigenvalue weighted by Gasteiger charge is 2.29. The Bertz CT molecular complexity index is 954. The van der Waals surface area contributed by atoms with Crippen molar-refractivity contribution >= 4 is 21.8 Å². The summed E-state index contributed by atoms with van der Waals surface area (Å²) in [6, 6.07) is 14.5. The van der Waals surface area contributed by atoms with Gasteiger partial charge in [0.05, 0.1) is 10.6 Å². The zero-order chi connectivity index (χ0) is 19.6. The van der Waals surface area contributed by atoms with Gasteiger partial charge in [-0.05, 0) is 48.6 Å². The van der Waals surface area contributed by atoms with E-state index in [0.717, 1.165) is 42.5 Å². The highest BCUT2D eigenvalue weighted by Crippen LogP contribution is 2.31. The molecule has 4 rings (SSSR count). The average Bonchev–Trinajstić information content (AvgIpc) is 3.35. The van der Waals surface area contributed by atoms with Crippen molar-refractivity contribution in [2.75, 3.05) is 11.4 Å². The Morgan fingerprint density at radius 1 is 1.11 bits per heavy atom. The van der Waals surface area contributed by atoms with Gasteiger partial charge in [-0.15, -0.1) is 0 Å². The number of sulfonamides is 1. The fourth-order valence-electron chi connectivity index (χ4n) is 3.86. The molecule has 2 aromatic carbocycles. The smallest absolute Gasteiger partial charge is 0.414 e. The first-order valence-corrected chi connectivity index (χ1v) is 11.1. The van der Waals surface area contributed by atoms with Crippen molar-refractivity contribution in [3.05, 3.63) is 59.7 Å². The van der Waals surface area contributed by atoms with Crippen molar-refractivity contribution in [3.63, 3.8) is 0 Å². The Morgan fingerprint density at radius 2 is 1.86 bits per heavy atom. The van der Waals surface area contributed by atoms with E-state index in [4.69, 9.17) is 4.74 Å². The maximum absolute atomic E-state index is 12.6. The number of hydrogen-bond donors (Lipinski definition) is 1. The van der Waals surface area contributed by atoms with E-state index in [9.17, 15) is 13.2 Å². The predicted octanol–water partition coefficient (Wildman–Crippen LogP) is 3.61. The summed E-state index contributed by atoms with van der Waals surface area (Å²) in [5.74, 6) is 0. The third-order valence-electron chi connectivity index (χ3n) is 5.36. The number of carbonyl (C=O) groups is 1. The molecule has 1 saturated carbocycles. The molecule has 0 unspecified atom stereocenters. The molecule has 0 saturated heterocycles. The van der Waals surface area contributed by atoms with Gasteiger partial charge >= 0.3 is 6.09 Å². The summed E-state index contributed by atoms with van der Waals surface area (Å²) < 4.78 is 33.5. The third-order valence-corrected chi connectivity index (χ3v) is 6.88. The molecule has 2 aliphatic rings. The van der Waals surface area contributed by atoms with Crippen LogP contribution in [0.5, 0.6) is 0 Å². The molecule has 148 valence electrons. The lowest BCUT2D eigenvalue weighted by atomic mass is 10.2. The maximum atomic E-state index is 12.6. The zero-order valence-electron chi connectivity index (χ0n) is 15.6. The van der Waals surface area contributed by atoms with Crippen LogP contribution in [0.25, 0.3) is 0 Å². The third kappa shape index (κ3) is 4.05. The zero-order valence-corrected chi connectivity index (χ0v) is 16.5. The summed E-state index contributed by atoms with van der Waals surface area (Å²) in [6.45, 7) is 0.700. The Labute approximate surface area is 165 Å². The Balaban J connectivity index is 1.45. The number of anilines is 1. The number of rotatable bonds is 5.